The minimum absolute atomic E-state index is 0.791. The first-order valence-electron chi connectivity index (χ1n) is 17.2. The van der Waals surface area contributed by atoms with Crippen LogP contribution in [-0.2, 0) is 0 Å². The summed E-state index contributed by atoms with van der Waals surface area (Å²) in [7, 11) is 0. The van der Waals surface area contributed by atoms with Gasteiger partial charge in [-0.15, -0.1) is 0 Å². The van der Waals surface area contributed by atoms with Crippen molar-refractivity contribution in [1.29, 1.82) is 0 Å². The third kappa shape index (κ3) is 22.9. The SMILES string of the molecule is [CH2]CCCCCCCCCCCCCCCCCC(CCCCCCCCCCCC)c1ccccc1. The Morgan fingerprint density at radius 3 is 1.11 bits per heavy atom. The maximum absolute atomic E-state index is 3.93. The Kier molecular flexibility index (Phi) is 26.1. The molecule has 37 heavy (non-hydrogen) atoms. The molecule has 0 aliphatic heterocycles. The van der Waals surface area contributed by atoms with Crippen molar-refractivity contribution in [3.8, 4) is 0 Å². The smallest absolute Gasteiger partial charge is 0.0162 e. The second kappa shape index (κ2) is 28.2. The van der Waals surface area contributed by atoms with Crippen molar-refractivity contribution in [2.75, 3.05) is 0 Å². The Bertz CT molecular complexity index is 532. The number of unbranched alkanes of at least 4 members (excludes halogenated alkanes) is 24. The van der Waals surface area contributed by atoms with E-state index in [1.807, 2.05) is 0 Å². The van der Waals surface area contributed by atoms with Crippen LogP contribution in [0.4, 0.5) is 0 Å². The number of hydrogen-bond acceptors (Lipinski definition) is 0. The van der Waals surface area contributed by atoms with Gasteiger partial charge in [-0.25, -0.2) is 0 Å². The van der Waals surface area contributed by atoms with Gasteiger partial charge in [-0.2, -0.15) is 0 Å². The van der Waals surface area contributed by atoms with Gasteiger partial charge in [-0.1, -0.05) is 211 Å². The fraction of sp³-hybridized carbons (Fsp3) is 0.811. The molecule has 0 amide bonds. The van der Waals surface area contributed by atoms with E-state index in [1.165, 1.54) is 173 Å². The molecule has 0 aliphatic carbocycles. The maximum Gasteiger partial charge on any atom is -0.0162 e. The summed E-state index contributed by atoms with van der Waals surface area (Å²) >= 11 is 0. The predicted molar refractivity (Wildman–Crippen MR) is 169 cm³/mol. The molecule has 0 N–H and O–H groups in total. The van der Waals surface area contributed by atoms with Crippen molar-refractivity contribution in [3.05, 3.63) is 42.8 Å². The van der Waals surface area contributed by atoms with Gasteiger partial charge in [0.25, 0.3) is 0 Å². The number of benzene rings is 1. The van der Waals surface area contributed by atoms with Crippen LogP contribution in [0.3, 0.4) is 0 Å². The summed E-state index contributed by atoms with van der Waals surface area (Å²) in [5, 5.41) is 0. The molecule has 1 aromatic carbocycles. The van der Waals surface area contributed by atoms with Crippen LogP contribution in [0.1, 0.15) is 198 Å². The van der Waals surface area contributed by atoms with Gasteiger partial charge in [-0.3, -0.25) is 0 Å². The van der Waals surface area contributed by atoms with E-state index in [0.29, 0.717) is 0 Å². The van der Waals surface area contributed by atoms with E-state index in [0.717, 1.165) is 12.3 Å². The lowest BCUT2D eigenvalue weighted by molar-refractivity contribution is 0.480. The van der Waals surface area contributed by atoms with Crippen LogP contribution in [0, 0.1) is 6.92 Å². The fourth-order valence-electron chi connectivity index (χ4n) is 5.95. The van der Waals surface area contributed by atoms with Crippen molar-refractivity contribution >= 4 is 0 Å². The third-order valence-corrected chi connectivity index (χ3v) is 8.48. The average molecular weight is 512 g/mol. The fourth-order valence-corrected chi connectivity index (χ4v) is 5.95. The molecule has 0 aliphatic rings. The Morgan fingerprint density at radius 1 is 0.432 bits per heavy atom. The van der Waals surface area contributed by atoms with Crippen molar-refractivity contribution in [2.24, 2.45) is 0 Å². The molecule has 0 bridgehead atoms. The largest absolute Gasteiger partial charge is 0.0654 e. The highest BCUT2D eigenvalue weighted by Gasteiger charge is 2.11. The molecule has 0 saturated heterocycles. The normalized spacial score (nSPS) is 12.3. The lowest BCUT2D eigenvalue weighted by atomic mass is 9.88. The quantitative estimate of drug-likeness (QED) is 0.0938. The molecule has 0 heteroatoms. The van der Waals surface area contributed by atoms with Crippen LogP contribution in [0.15, 0.2) is 30.3 Å². The monoisotopic (exact) mass is 512 g/mol. The van der Waals surface area contributed by atoms with Crippen LogP contribution in [0.25, 0.3) is 0 Å². The Balaban J connectivity index is 1.99. The first-order chi connectivity index (χ1) is 18.4. The summed E-state index contributed by atoms with van der Waals surface area (Å²) < 4.78 is 0. The van der Waals surface area contributed by atoms with Gasteiger partial charge in [0.1, 0.15) is 0 Å². The predicted octanol–water partition coefficient (Wildman–Crippen LogP) is 13.5. The van der Waals surface area contributed by atoms with Gasteiger partial charge < -0.3 is 0 Å². The van der Waals surface area contributed by atoms with E-state index in [1.54, 1.807) is 5.56 Å². The van der Waals surface area contributed by atoms with Crippen LogP contribution in [0.2, 0.25) is 0 Å². The van der Waals surface area contributed by atoms with E-state index in [2.05, 4.69) is 44.2 Å². The molecule has 0 aromatic heterocycles. The van der Waals surface area contributed by atoms with Gasteiger partial charge in [0, 0.05) is 0 Å². The zero-order chi connectivity index (χ0) is 26.5. The van der Waals surface area contributed by atoms with E-state index >= 15 is 0 Å². The molecule has 1 rings (SSSR count). The molecule has 0 fully saturated rings. The van der Waals surface area contributed by atoms with E-state index in [9.17, 15) is 0 Å². The summed E-state index contributed by atoms with van der Waals surface area (Å²) in [5.74, 6) is 0.791. The molecule has 0 spiro atoms. The minimum Gasteiger partial charge on any atom is -0.0654 e. The van der Waals surface area contributed by atoms with E-state index < -0.39 is 0 Å². The third-order valence-electron chi connectivity index (χ3n) is 8.48. The summed E-state index contributed by atoms with van der Waals surface area (Å²) in [6, 6.07) is 11.4. The first-order valence-corrected chi connectivity index (χ1v) is 17.2. The van der Waals surface area contributed by atoms with Crippen LogP contribution < -0.4 is 0 Å². The lowest BCUT2D eigenvalue weighted by Gasteiger charge is -2.17. The molecular weight excluding hydrogens is 444 g/mol. The molecule has 0 heterocycles. The molecular formula is C37H67. The highest BCUT2D eigenvalue weighted by molar-refractivity contribution is 5.19. The summed E-state index contributed by atoms with van der Waals surface area (Å²) in [5.41, 5.74) is 1.59. The van der Waals surface area contributed by atoms with Crippen LogP contribution in [0.5, 0.6) is 0 Å². The van der Waals surface area contributed by atoms with Gasteiger partial charge in [0.05, 0.1) is 0 Å². The van der Waals surface area contributed by atoms with Crippen molar-refractivity contribution in [2.45, 2.75) is 193 Å². The van der Waals surface area contributed by atoms with Crippen molar-refractivity contribution < 1.29 is 0 Å². The second-order valence-corrected chi connectivity index (χ2v) is 12.0. The first kappa shape index (κ1) is 34.2. The van der Waals surface area contributed by atoms with Gasteiger partial charge >= 0.3 is 0 Å². The van der Waals surface area contributed by atoms with Crippen LogP contribution >= 0.6 is 0 Å². The zero-order valence-corrected chi connectivity index (χ0v) is 25.5. The van der Waals surface area contributed by atoms with Gasteiger partial charge in [0.2, 0.25) is 0 Å². The van der Waals surface area contributed by atoms with Crippen molar-refractivity contribution in [1.82, 2.24) is 0 Å². The number of hydrogen-bond donors (Lipinski definition) is 0. The molecule has 215 valence electrons. The minimum atomic E-state index is 0.791. The van der Waals surface area contributed by atoms with Gasteiger partial charge in [-0.05, 0) is 24.3 Å². The zero-order valence-electron chi connectivity index (χ0n) is 25.5. The topological polar surface area (TPSA) is 0 Å². The highest BCUT2D eigenvalue weighted by atomic mass is 14.2. The van der Waals surface area contributed by atoms with Gasteiger partial charge in [0.15, 0.2) is 0 Å². The van der Waals surface area contributed by atoms with Crippen molar-refractivity contribution in [3.63, 3.8) is 0 Å². The molecule has 0 saturated carbocycles. The average Bonchev–Trinajstić information content (AvgIpc) is 2.93. The summed E-state index contributed by atoms with van der Waals surface area (Å²) in [6.07, 6.45) is 40.0. The van der Waals surface area contributed by atoms with E-state index in [4.69, 9.17) is 0 Å². The second-order valence-electron chi connectivity index (χ2n) is 12.0. The molecule has 1 atom stereocenters. The highest BCUT2D eigenvalue weighted by Crippen LogP contribution is 2.29. The standard InChI is InChI=1S/C37H67/c1-3-5-7-9-11-13-15-16-17-18-19-20-22-24-26-29-33-36(37-34-30-27-31-35-37)32-28-25-23-21-14-12-10-8-6-4-2/h27,30-31,34-36H,1,3-26,28-29,32-33H2,2H3. The van der Waals surface area contributed by atoms with Crippen LogP contribution in [-0.4, -0.2) is 0 Å². The Labute approximate surface area is 235 Å². The van der Waals surface area contributed by atoms with E-state index in [-0.39, 0.29) is 0 Å². The lowest BCUT2D eigenvalue weighted by Crippen LogP contribution is -1.99. The molecule has 1 radical (unpaired) electrons. The Morgan fingerprint density at radius 2 is 0.757 bits per heavy atom. The molecule has 1 aromatic rings. The molecule has 1 unspecified atom stereocenters. The number of rotatable bonds is 29. The maximum atomic E-state index is 3.93. The summed E-state index contributed by atoms with van der Waals surface area (Å²) in [4.78, 5) is 0. The molecule has 0 nitrogen and oxygen atoms in total. The summed E-state index contributed by atoms with van der Waals surface area (Å²) in [6.45, 7) is 6.24. The Hall–Kier alpha value is -0.780.